The van der Waals surface area contributed by atoms with Gasteiger partial charge in [0.25, 0.3) is 0 Å². The minimum Gasteiger partial charge on any atom is -0.226 e. The molecule has 8 heterocycles. The van der Waals surface area contributed by atoms with E-state index in [1.165, 1.54) is 14.1 Å². The number of aromatic nitrogens is 10. The Bertz CT molecular complexity index is 7850. The molecule has 0 spiro atoms. The molecule has 0 amide bonds. The topological polar surface area (TPSA) is 129 Å². The standard InChI is InChI=1S/C104H60N10S4/c1-6-25-64(26-7-1)90-95-92(77-39-16-18-44-81(77)116-95)107-97(105-90)69-55-53-62(54-56-69)74-41-22-46-83-86(74)88-79(43-24-47-84(88)115-83)103-111-100(68-33-14-5-15-34-68)110-102(114-103)72-37-20-35-70(59-72)61-49-51-63(52-50-61)76-57-58-80(104-112-98(66-29-10-3-11-30-66)109-99(113-104)67-31-12-4-13-32-67)89-87-75(42-23-48-85(87)118-94(76)89)71-36-21-38-73(60-71)101-106-91(65-27-8-2-9-28-65)96-93(108-101)78-40-17-19-45-82(78)117-96/h1-60H. The predicted molar refractivity (Wildman–Crippen MR) is 492 cm³/mol. The summed E-state index contributed by atoms with van der Waals surface area (Å²) in [6.07, 6.45) is 0. The van der Waals surface area contributed by atoms with Gasteiger partial charge in [0.15, 0.2) is 46.6 Å². The number of hydrogen-bond donors (Lipinski definition) is 0. The second-order valence-electron chi connectivity index (χ2n) is 29.2. The lowest BCUT2D eigenvalue weighted by molar-refractivity contribution is 1.08. The lowest BCUT2D eigenvalue weighted by Crippen LogP contribution is -2.00. The predicted octanol–water partition coefficient (Wildman–Crippen LogP) is 28.4. The summed E-state index contributed by atoms with van der Waals surface area (Å²) < 4.78 is 9.08. The Labute approximate surface area is 692 Å². The van der Waals surface area contributed by atoms with Gasteiger partial charge in [-0.3, -0.25) is 0 Å². The molecule has 0 aliphatic heterocycles. The maximum absolute atomic E-state index is 5.48. The Morgan fingerprint density at radius 2 is 0.458 bits per heavy atom. The summed E-state index contributed by atoms with van der Waals surface area (Å²) in [5.41, 5.74) is 21.7. The van der Waals surface area contributed by atoms with Crippen LogP contribution in [0.25, 0.3) is 239 Å². The second kappa shape index (κ2) is 28.7. The molecule has 118 heavy (non-hydrogen) atoms. The molecule has 8 aromatic heterocycles. The molecule has 550 valence electrons. The lowest BCUT2D eigenvalue weighted by Gasteiger charge is -2.13. The fraction of sp³-hybridized carbons (Fsp3) is 0. The molecule has 14 heteroatoms. The van der Waals surface area contributed by atoms with Crippen LogP contribution < -0.4 is 0 Å². The average molecular weight is 1580 g/mol. The van der Waals surface area contributed by atoms with Crippen molar-refractivity contribution < 1.29 is 0 Å². The first-order valence-corrected chi connectivity index (χ1v) is 42.3. The highest BCUT2D eigenvalue weighted by atomic mass is 32.1. The molecule has 0 fully saturated rings. The first-order chi connectivity index (χ1) is 58.4. The molecule has 0 atom stereocenters. The number of fused-ring (bicyclic) bond motifs is 12. The van der Waals surface area contributed by atoms with E-state index in [2.05, 4.69) is 303 Å². The maximum atomic E-state index is 5.48. The van der Waals surface area contributed by atoms with Crippen LogP contribution in [0.4, 0.5) is 0 Å². The van der Waals surface area contributed by atoms with E-state index in [4.69, 9.17) is 49.8 Å². The van der Waals surface area contributed by atoms with Crippen molar-refractivity contribution >= 4 is 126 Å². The molecular weight excluding hydrogens is 1520 g/mol. The van der Waals surface area contributed by atoms with Crippen molar-refractivity contribution in [3.63, 3.8) is 0 Å². The van der Waals surface area contributed by atoms with E-state index in [1.54, 1.807) is 45.3 Å². The van der Waals surface area contributed by atoms with Crippen LogP contribution in [-0.4, -0.2) is 49.8 Å². The van der Waals surface area contributed by atoms with Gasteiger partial charge in [-0.25, -0.2) is 49.8 Å². The third-order valence-corrected chi connectivity index (χ3v) is 26.7. The smallest absolute Gasteiger partial charge is 0.164 e. The molecule has 0 saturated heterocycles. The number of nitrogens with zero attached hydrogens (tertiary/aromatic N) is 10. The first kappa shape index (κ1) is 68.9. The molecule has 15 aromatic carbocycles. The van der Waals surface area contributed by atoms with Gasteiger partial charge in [-0.2, -0.15) is 0 Å². The molecule has 0 N–H and O–H groups in total. The van der Waals surface area contributed by atoms with Gasteiger partial charge in [0, 0.05) is 116 Å². The van der Waals surface area contributed by atoms with E-state index in [-0.39, 0.29) is 0 Å². The third-order valence-electron chi connectivity index (χ3n) is 22.1. The van der Waals surface area contributed by atoms with Crippen LogP contribution in [0.5, 0.6) is 0 Å². The highest BCUT2D eigenvalue weighted by Crippen LogP contribution is 2.51. The highest BCUT2D eigenvalue weighted by Gasteiger charge is 2.26. The van der Waals surface area contributed by atoms with Gasteiger partial charge in [0.05, 0.1) is 31.8 Å². The number of thiophene rings is 4. The van der Waals surface area contributed by atoms with Gasteiger partial charge < -0.3 is 0 Å². The molecule has 23 aromatic rings. The van der Waals surface area contributed by atoms with E-state index in [0.29, 0.717) is 46.6 Å². The normalized spacial score (nSPS) is 11.7. The van der Waals surface area contributed by atoms with E-state index >= 15 is 0 Å². The Hall–Kier alpha value is -14.6. The Morgan fingerprint density at radius 3 is 0.975 bits per heavy atom. The fourth-order valence-electron chi connectivity index (χ4n) is 16.5. The lowest BCUT2D eigenvalue weighted by atomic mass is 9.93. The third kappa shape index (κ3) is 12.1. The van der Waals surface area contributed by atoms with Crippen molar-refractivity contribution in [3.8, 4) is 158 Å². The van der Waals surface area contributed by atoms with Crippen molar-refractivity contribution in [3.05, 3.63) is 364 Å². The van der Waals surface area contributed by atoms with E-state index in [0.717, 1.165) is 178 Å². The van der Waals surface area contributed by atoms with Gasteiger partial charge in [0.2, 0.25) is 0 Å². The summed E-state index contributed by atoms with van der Waals surface area (Å²) in [5, 5.41) is 6.66. The summed E-state index contributed by atoms with van der Waals surface area (Å²) in [7, 11) is 0. The molecule has 0 unspecified atom stereocenters. The minimum atomic E-state index is 0.573. The van der Waals surface area contributed by atoms with Crippen molar-refractivity contribution in [1.82, 2.24) is 49.8 Å². The Balaban J connectivity index is 0.627. The van der Waals surface area contributed by atoms with Crippen LogP contribution in [0.1, 0.15) is 0 Å². The van der Waals surface area contributed by atoms with Crippen molar-refractivity contribution in [2.45, 2.75) is 0 Å². The zero-order valence-corrected chi connectivity index (χ0v) is 66.0. The maximum Gasteiger partial charge on any atom is 0.164 e. The molecular formula is C104H60N10S4. The molecule has 0 radical (unpaired) electrons. The second-order valence-corrected chi connectivity index (χ2v) is 33.4. The quantitative estimate of drug-likeness (QED) is 0.104. The van der Waals surface area contributed by atoms with Gasteiger partial charge in [-0.05, 0) is 93.0 Å². The molecule has 23 rings (SSSR count). The molecule has 0 saturated carbocycles. The highest BCUT2D eigenvalue weighted by molar-refractivity contribution is 7.27. The van der Waals surface area contributed by atoms with Crippen molar-refractivity contribution in [2.75, 3.05) is 0 Å². The number of benzene rings is 15. The Kier molecular flexibility index (Phi) is 16.8. The van der Waals surface area contributed by atoms with Crippen LogP contribution in [0.3, 0.4) is 0 Å². The molecule has 10 nitrogen and oxygen atoms in total. The summed E-state index contributed by atoms with van der Waals surface area (Å²) in [5.74, 6) is 4.88. The van der Waals surface area contributed by atoms with Crippen molar-refractivity contribution in [2.24, 2.45) is 0 Å². The molecule has 0 bridgehead atoms. The zero-order chi connectivity index (χ0) is 77.7. The summed E-state index contributed by atoms with van der Waals surface area (Å²) in [6.45, 7) is 0. The van der Waals surface area contributed by atoms with Crippen LogP contribution in [-0.2, 0) is 0 Å². The van der Waals surface area contributed by atoms with Gasteiger partial charge >= 0.3 is 0 Å². The summed E-state index contributed by atoms with van der Waals surface area (Å²) >= 11 is 7.06. The number of rotatable bonds is 14. The Morgan fingerprint density at radius 1 is 0.153 bits per heavy atom. The minimum absolute atomic E-state index is 0.573. The van der Waals surface area contributed by atoms with Crippen LogP contribution in [0, 0.1) is 0 Å². The largest absolute Gasteiger partial charge is 0.226 e. The number of hydrogen-bond acceptors (Lipinski definition) is 14. The van der Waals surface area contributed by atoms with Crippen LogP contribution in [0.2, 0.25) is 0 Å². The van der Waals surface area contributed by atoms with Gasteiger partial charge in [0.1, 0.15) is 0 Å². The van der Waals surface area contributed by atoms with Crippen LogP contribution in [0.15, 0.2) is 364 Å². The SMILES string of the molecule is c1ccc(-c2nc(-c3cccc(-c4ccc(-c5ccc(-c6nc(-c7ccccc7)nc(-c7ccccc7)n6)c6c5sc5cccc(-c7cccc(-c8nc(-c9ccccc9)c9sc%10ccccc%10c9n8)c7)c56)cc4)c3)nc(-c3cccc4sc5cccc(-c6ccc(-c7nc(-c8ccccc8)c8sc9ccccc9c8n7)cc6)c5c34)n2)cc1. The summed E-state index contributed by atoms with van der Waals surface area (Å²) in [6, 6.07) is 128. The van der Waals surface area contributed by atoms with Crippen molar-refractivity contribution in [1.29, 1.82) is 0 Å². The van der Waals surface area contributed by atoms with E-state index < -0.39 is 0 Å². The fourth-order valence-corrected chi connectivity index (χ4v) is 21.2. The summed E-state index contributed by atoms with van der Waals surface area (Å²) in [4.78, 5) is 53.5. The monoisotopic (exact) mass is 1580 g/mol. The first-order valence-electron chi connectivity index (χ1n) is 39.0. The molecule has 0 aliphatic carbocycles. The van der Waals surface area contributed by atoms with Gasteiger partial charge in [-0.15, -0.1) is 45.3 Å². The van der Waals surface area contributed by atoms with Crippen LogP contribution >= 0.6 is 45.3 Å². The average Bonchev–Trinajstić information content (AvgIpc) is 1.61. The van der Waals surface area contributed by atoms with Gasteiger partial charge in [-0.1, -0.05) is 315 Å². The molecule has 0 aliphatic rings. The zero-order valence-electron chi connectivity index (χ0n) is 62.7. The van der Waals surface area contributed by atoms with E-state index in [1.807, 2.05) is 60.7 Å². The van der Waals surface area contributed by atoms with E-state index in [9.17, 15) is 0 Å².